The topological polar surface area (TPSA) is 71.8 Å². The number of nitrogens with one attached hydrogen (secondary N) is 1. The predicted molar refractivity (Wildman–Crippen MR) is 128 cm³/mol. The van der Waals surface area contributed by atoms with E-state index in [1.807, 2.05) is 50.3 Å². The van der Waals surface area contributed by atoms with Crippen LogP contribution in [0.5, 0.6) is 0 Å². The zero-order chi connectivity index (χ0) is 23.1. The van der Waals surface area contributed by atoms with Gasteiger partial charge in [0.1, 0.15) is 11.9 Å². The van der Waals surface area contributed by atoms with Crippen molar-refractivity contribution in [2.75, 3.05) is 18.0 Å². The van der Waals surface area contributed by atoms with Gasteiger partial charge in [0.15, 0.2) is 0 Å². The first-order valence-electron chi connectivity index (χ1n) is 10.6. The molecule has 1 N–H and O–H groups in total. The Morgan fingerprint density at radius 3 is 2.56 bits per heavy atom. The van der Waals surface area contributed by atoms with Crippen molar-refractivity contribution in [1.82, 2.24) is 19.7 Å². The number of carbonyl (C=O) groups is 1. The lowest BCUT2D eigenvalue weighted by Crippen LogP contribution is -2.49. The van der Waals surface area contributed by atoms with Crippen LogP contribution in [0.2, 0.25) is 10.0 Å². The molecule has 9 heteroatoms. The van der Waals surface area contributed by atoms with Crippen LogP contribution in [0.4, 0.5) is 10.7 Å². The van der Waals surface area contributed by atoms with Gasteiger partial charge in [0, 0.05) is 43.2 Å². The summed E-state index contributed by atoms with van der Waals surface area (Å²) in [6, 6.07) is 7.44. The molecule has 0 saturated carbocycles. The van der Waals surface area contributed by atoms with Gasteiger partial charge < -0.3 is 15.0 Å². The fourth-order valence-electron chi connectivity index (χ4n) is 3.88. The van der Waals surface area contributed by atoms with Crippen molar-refractivity contribution < 1.29 is 9.53 Å². The Kier molecular flexibility index (Phi) is 5.98. The summed E-state index contributed by atoms with van der Waals surface area (Å²) >= 11 is 12.6. The first-order valence-corrected chi connectivity index (χ1v) is 11.3. The van der Waals surface area contributed by atoms with Gasteiger partial charge in [0.25, 0.3) is 0 Å². The summed E-state index contributed by atoms with van der Waals surface area (Å²) in [5.74, 6) is 0.792. The van der Waals surface area contributed by atoms with Crippen LogP contribution in [0.3, 0.4) is 0 Å². The van der Waals surface area contributed by atoms with Gasteiger partial charge in [-0.1, -0.05) is 35.3 Å². The molecule has 0 bridgehead atoms. The zero-order valence-corrected chi connectivity index (χ0v) is 20.2. The minimum atomic E-state index is -0.520. The van der Waals surface area contributed by atoms with Crippen molar-refractivity contribution in [2.45, 2.75) is 51.7 Å². The lowest BCUT2D eigenvalue weighted by molar-refractivity contribution is 0.00395. The van der Waals surface area contributed by atoms with E-state index < -0.39 is 5.60 Å². The van der Waals surface area contributed by atoms with Crippen molar-refractivity contribution in [3.8, 4) is 11.3 Å². The van der Waals surface area contributed by atoms with Gasteiger partial charge in [0.2, 0.25) is 5.95 Å². The summed E-state index contributed by atoms with van der Waals surface area (Å²) in [7, 11) is 0. The van der Waals surface area contributed by atoms with Crippen LogP contribution in [-0.2, 0) is 4.74 Å². The highest BCUT2D eigenvalue weighted by Gasteiger charge is 2.35. The van der Waals surface area contributed by atoms with Crippen LogP contribution in [0.25, 0.3) is 16.8 Å². The standard InChI is InChI=1S/C23H27Cl2N5O2/c1-22(2,3)28-21(31)32-23(4)9-12-29(13-10-23)20-26-11-8-17-19(27-14-30(17)20)15-6-5-7-16(24)18(15)25/h5-8,11,14H,9-10,12-13H2,1-4H3,(H,28,31). The number of piperidine rings is 1. The molecule has 3 heterocycles. The smallest absolute Gasteiger partial charge is 0.408 e. The molecule has 1 aliphatic rings. The number of hydrogen-bond donors (Lipinski definition) is 1. The van der Waals surface area contributed by atoms with Crippen LogP contribution >= 0.6 is 23.2 Å². The van der Waals surface area contributed by atoms with Crippen LogP contribution < -0.4 is 10.2 Å². The zero-order valence-electron chi connectivity index (χ0n) is 18.7. The van der Waals surface area contributed by atoms with E-state index in [4.69, 9.17) is 27.9 Å². The maximum absolute atomic E-state index is 12.3. The molecule has 0 aliphatic carbocycles. The second-order valence-corrected chi connectivity index (χ2v) is 10.2. The van der Waals surface area contributed by atoms with E-state index in [0.717, 1.165) is 22.7 Å². The van der Waals surface area contributed by atoms with Crippen molar-refractivity contribution in [3.05, 3.63) is 46.8 Å². The summed E-state index contributed by atoms with van der Waals surface area (Å²) in [5, 5.41) is 3.84. The fourth-order valence-corrected chi connectivity index (χ4v) is 4.27. The number of anilines is 1. The van der Waals surface area contributed by atoms with E-state index in [1.54, 1.807) is 18.6 Å². The molecule has 0 spiro atoms. The van der Waals surface area contributed by atoms with Crippen molar-refractivity contribution >= 4 is 40.8 Å². The van der Waals surface area contributed by atoms with E-state index in [-0.39, 0.29) is 11.6 Å². The molecular formula is C23H27Cl2N5O2. The van der Waals surface area contributed by atoms with Gasteiger partial charge in [-0.3, -0.25) is 4.40 Å². The maximum Gasteiger partial charge on any atom is 0.408 e. The van der Waals surface area contributed by atoms with E-state index >= 15 is 0 Å². The number of alkyl carbamates (subject to hydrolysis) is 1. The van der Waals surface area contributed by atoms with E-state index in [1.165, 1.54) is 0 Å². The monoisotopic (exact) mass is 475 g/mol. The highest BCUT2D eigenvalue weighted by molar-refractivity contribution is 6.43. The van der Waals surface area contributed by atoms with Crippen molar-refractivity contribution in [3.63, 3.8) is 0 Å². The van der Waals surface area contributed by atoms with Gasteiger partial charge in [-0.25, -0.2) is 14.8 Å². The van der Waals surface area contributed by atoms with Crippen LogP contribution in [0, 0.1) is 0 Å². The third kappa shape index (κ3) is 4.64. The third-order valence-electron chi connectivity index (χ3n) is 5.57. The highest BCUT2D eigenvalue weighted by atomic mass is 35.5. The number of hydrogen-bond acceptors (Lipinski definition) is 5. The number of fused-ring (bicyclic) bond motifs is 1. The minimum absolute atomic E-state index is 0.335. The lowest BCUT2D eigenvalue weighted by Gasteiger charge is -2.39. The van der Waals surface area contributed by atoms with Gasteiger partial charge in [0.05, 0.1) is 21.3 Å². The molecule has 0 atom stereocenters. The average Bonchev–Trinajstić information content (AvgIpc) is 3.13. The Morgan fingerprint density at radius 2 is 1.88 bits per heavy atom. The van der Waals surface area contributed by atoms with Crippen LogP contribution in [-0.4, -0.2) is 44.7 Å². The molecule has 1 amide bonds. The SMILES string of the molecule is CC(C)(C)NC(=O)OC1(C)CCN(c2nccc3c(-c4cccc(Cl)c4Cl)ncn23)CC1. The van der Waals surface area contributed by atoms with Gasteiger partial charge in [-0.05, 0) is 39.8 Å². The molecule has 3 aromatic rings. The fraction of sp³-hybridized carbons (Fsp3) is 0.435. The molecule has 4 rings (SSSR count). The van der Waals surface area contributed by atoms with Crippen molar-refractivity contribution in [2.24, 2.45) is 0 Å². The molecule has 1 saturated heterocycles. The number of imidazole rings is 1. The average molecular weight is 476 g/mol. The molecule has 1 fully saturated rings. The predicted octanol–water partition coefficient (Wildman–Crippen LogP) is 5.59. The minimum Gasteiger partial charge on any atom is -0.443 e. The number of carbonyl (C=O) groups excluding carboxylic acids is 1. The molecule has 170 valence electrons. The Hall–Kier alpha value is -2.51. The second-order valence-electron chi connectivity index (χ2n) is 9.40. The number of rotatable bonds is 3. The number of benzene rings is 1. The molecule has 0 radical (unpaired) electrons. The number of amides is 1. The highest BCUT2D eigenvalue weighted by Crippen LogP contribution is 2.36. The summed E-state index contributed by atoms with van der Waals surface area (Å²) in [6.07, 6.45) is 4.54. The summed E-state index contributed by atoms with van der Waals surface area (Å²) in [5.41, 5.74) is 1.58. The number of aromatic nitrogens is 3. The Morgan fingerprint density at radius 1 is 1.16 bits per heavy atom. The van der Waals surface area contributed by atoms with Crippen molar-refractivity contribution in [1.29, 1.82) is 0 Å². The molecule has 0 unspecified atom stereocenters. The molecule has 7 nitrogen and oxygen atoms in total. The lowest BCUT2D eigenvalue weighted by atomic mass is 9.93. The number of ether oxygens (including phenoxy) is 1. The van der Waals surface area contributed by atoms with Gasteiger partial charge in [-0.15, -0.1) is 0 Å². The molecule has 1 aromatic carbocycles. The quantitative estimate of drug-likeness (QED) is 0.534. The third-order valence-corrected chi connectivity index (χ3v) is 6.39. The first kappa shape index (κ1) is 22.7. The Balaban J connectivity index is 1.54. The van der Waals surface area contributed by atoms with Gasteiger partial charge in [-0.2, -0.15) is 0 Å². The Labute approximate surface area is 197 Å². The van der Waals surface area contributed by atoms with Crippen LogP contribution in [0.1, 0.15) is 40.5 Å². The normalized spacial score (nSPS) is 16.2. The maximum atomic E-state index is 12.3. The van der Waals surface area contributed by atoms with Crippen LogP contribution in [0.15, 0.2) is 36.8 Å². The first-order chi connectivity index (χ1) is 15.1. The number of halogens is 2. The Bertz CT molecular complexity index is 1150. The van der Waals surface area contributed by atoms with Gasteiger partial charge >= 0.3 is 6.09 Å². The molecule has 32 heavy (non-hydrogen) atoms. The van der Waals surface area contributed by atoms with E-state index in [0.29, 0.717) is 36.0 Å². The summed E-state index contributed by atoms with van der Waals surface area (Å²) in [4.78, 5) is 23.6. The second kappa shape index (κ2) is 8.45. The molecule has 2 aromatic heterocycles. The van der Waals surface area contributed by atoms with E-state index in [9.17, 15) is 4.79 Å². The molecular weight excluding hydrogens is 449 g/mol. The molecule has 1 aliphatic heterocycles. The summed E-state index contributed by atoms with van der Waals surface area (Å²) in [6.45, 7) is 9.19. The van der Waals surface area contributed by atoms with E-state index in [2.05, 4.69) is 20.2 Å². The largest absolute Gasteiger partial charge is 0.443 e. The summed E-state index contributed by atoms with van der Waals surface area (Å²) < 4.78 is 7.73. The number of nitrogens with zero attached hydrogens (tertiary/aromatic N) is 4.